The molecule has 17 heavy (non-hydrogen) atoms. The normalized spacial score (nSPS) is 11.4. The van der Waals surface area contributed by atoms with Crippen molar-refractivity contribution in [1.29, 1.82) is 0 Å². The Labute approximate surface area is 109 Å². The standard InChI is InChI=1S/C13H19NO2.ClH/c1-2-3-9-12(14)13(15)16-10-11-7-5-4-6-8-11;/h4-8,12H,2-3,9-10,14H2,1H3;1H. The Morgan fingerprint density at radius 3 is 2.59 bits per heavy atom. The van der Waals surface area contributed by atoms with Crippen molar-refractivity contribution in [3.05, 3.63) is 35.9 Å². The first-order chi connectivity index (χ1) is 7.74. The van der Waals surface area contributed by atoms with E-state index in [1.54, 1.807) is 0 Å². The van der Waals surface area contributed by atoms with E-state index in [9.17, 15) is 4.79 Å². The zero-order valence-electron chi connectivity index (χ0n) is 10.1. The van der Waals surface area contributed by atoms with E-state index in [4.69, 9.17) is 10.5 Å². The molecule has 2 N–H and O–H groups in total. The first-order valence-corrected chi connectivity index (χ1v) is 5.70. The van der Waals surface area contributed by atoms with E-state index in [1.165, 1.54) is 0 Å². The van der Waals surface area contributed by atoms with Crippen molar-refractivity contribution in [3.63, 3.8) is 0 Å². The number of hydrogen-bond acceptors (Lipinski definition) is 3. The second-order valence-corrected chi connectivity index (χ2v) is 3.84. The summed E-state index contributed by atoms with van der Waals surface area (Å²) in [5.74, 6) is -0.308. The van der Waals surface area contributed by atoms with Gasteiger partial charge in [0, 0.05) is 0 Å². The number of benzene rings is 1. The van der Waals surface area contributed by atoms with Gasteiger partial charge < -0.3 is 10.5 Å². The maximum absolute atomic E-state index is 11.5. The highest BCUT2D eigenvalue weighted by molar-refractivity contribution is 5.85. The molecule has 0 fully saturated rings. The Hall–Kier alpha value is -1.06. The SMILES string of the molecule is CCCCC(N)C(=O)OCc1ccccc1.Cl. The summed E-state index contributed by atoms with van der Waals surface area (Å²) in [7, 11) is 0. The van der Waals surface area contributed by atoms with E-state index >= 15 is 0 Å². The molecule has 1 atom stereocenters. The molecule has 1 unspecified atom stereocenters. The summed E-state index contributed by atoms with van der Waals surface area (Å²) < 4.78 is 5.12. The number of carbonyl (C=O) groups excluding carboxylic acids is 1. The second-order valence-electron chi connectivity index (χ2n) is 3.84. The van der Waals surface area contributed by atoms with Crippen molar-refractivity contribution in [2.24, 2.45) is 5.73 Å². The maximum atomic E-state index is 11.5. The van der Waals surface area contributed by atoms with Crippen LogP contribution in [0.1, 0.15) is 31.7 Å². The molecule has 1 aromatic rings. The zero-order chi connectivity index (χ0) is 11.8. The Bertz CT molecular complexity index is 316. The monoisotopic (exact) mass is 257 g/mol. The van der Waals surface area contributed by atoms with Crippen LogP contribution >= 0.6 is 12.4 Å². The van der Waals surface area contributed by atoms with E-state index < -0.39 is 6.04 Å². The maximum Gasteiger partial charge on any atom is 0.323 e. The molecular formula is C13H20ClNO2. The lowest BCUT2D eigenvalue weighted by Gasteiger charge is -2.10. The van der Waals surface area contributed by atoms with Gasteiger partial charge in [-0.2, -0.15) is 0 Å². The molecule has 96 valence electrons. The van der Waals surface area contributed by atoms with Crippen LogP contribution in [-0.4, -0.2) is 12.0 Å². The zero-order valence-corrected chi connectivity index (χ0v) is 10.9. The molecule has 1 rings (SSSR count). The van der Waals surface area contributed by atoms with Crippen LogP contribution in [0.5, 0.6) is 0 Å². The van der Waals surface area contributed by atoms with Gasteiger partial charge in [-0.15, -0.1) is 12.4 Å². The number of rotatable bonds is 6. The van der Waals surface area contributed by atoms with Gasteiger partial charge in [0.1, 0.15) is 12.6 Å². The van der Waals surface area contributed by atoms with Crippen molar-refractivity contribution in [2.45, 2.75) is 38.8 Å². The quantitative estimate of drug-likeness (QED) is 0.797. The molecule has 0 aliphatic carbocycles. The molecule has 0 aliphatic rings. The number of ether oxygens (including phenoxy) is 1. The predicted octanol–water partition coefficient (Wildman–Crippen LogP) is 2.67. The Morgan fingerprint density at radius 2 is 2.00 bits per heavy atom. The first kappa shape index (κ1) is 15.9. The van der Waals surface area contributed by atoms with Crippen molar-refractivity contribution >= 4 is 18.4 Å². The second kappa shape index (κ2) is 9.02. The van der Waals surface area contributed by atoms with E-state index in [1.807, 2.05) is 30.3 Å². The fourth-order valence-corrected chi connectivity index (χ4v) is 1.38. The number of hydrogen-bond donors (Lipinski definition) is 1. The highest BCUT2D eigenvalue weighted by atomic mass is 35.5. The molecule has 3 nitrogen and oxygen atoms in total. The first-order valence-electron chi connectivity index (χ1n) is 5.70. The molecule has 4 heteroatoms. The largest absolute Gasteiger partial charge is 0.460 e. The lowest BCUT2D eigenvalue weighted by Crippen LogP contribution is -2.32. The van der Waals surface area contributed by atoms with Gasteiger partial charge in [-0.05, 0) is 12.0 Å². The highest BCUT2D eigenvalue weighted by Gasteiger charge is 2.13. The van der Waals surface area contributed by atoms with Crippen LogP contribution in [0.2, 0.25) is 0 Å². The van der Waals surface area contributed by atoms with Gasteiger partial charge >= 0.3 is 5.97 Å². The molecular weight excluding hydrogens is 238 g/mol. The van der Waals surface area contributed by atoms with Crippen LogP contribution in [0.25, 0.3) is 0 Å². The van der Waals surface area contributed by atoms with Gasteiger partial charge in [0.15, 0.2) is 0 Å². The summed E-state index contributed by atoms with van der Waals surface area (Å²) >= 11 is 0. The van der Waals surface area contributed by atoms with E-state index in [-0.39, 0.29) is 18.4 Å². The molecule has 0 bridgehead atoms. The summed E-state index contributed by atoms with van der Waals surface area (Å²) in [6.07, 6.45) is 2.70. The molecule has 0 saturated carbocycles. The minimum atomic E-state index is -0.483. The van der Waals surface area contributed by atoms with E-state index in [0.717, 1.165) is 18.4 Å². The fraction of sp³-hybridized carbons (Fsp3) is 0.462. The molecule has 0 radical (unpaired) electrons. The summed E-state index contributed by atoms with van der Waals surface area (Å²) in [5, 5.41) is 0. The van der Waals surface area contributed by atoms with Crippen molar-refractivity contribution in [1.82, 2.24) is 0 Å². The minimum absolute atomic E-state index is 0. The molecule has 0 saturated heterocycles. The Kier molecular flexibility index (Phi) is 8.46. The molecule has 0 amide bonds. The lowest BCUT2D eigenvalue weighted by molar-refractivity contribution is -0.146. The third-order valence-corrected chi connectivity index (χ3v) is 2.40. The van der Waals surface area contributed by atoms with Gasteiger partial charge in [-0.1, -0.05) is 50.1 Å². The molecule has 0 spiro atoms. The average molecular weight is 258 g/mol. The van der Waals surface area contributed by atoms with Gasteiger partial charge in [-0.25, -0.2) is 0 Å². The summed E-state index contributed by atoms with van der Waals surface area (Å²) in [4.78, 5) is 11.5. The number of nitrogens with two attached hydrogens (primary N) is 1. The van der Waals surface area contributed by atoms with Gasteiger partial charge in [0.2, 0.25) is 0 Å². The van der Waals surface area contributed by atoms with Gasteiger partial charge in [-0.3, -0.25) is 4.79 Å². The van der Waals surface area contributed by atoms with Crippen LogP contribution in [-0.2, 0) is 16.1 Å². The molecule has 0 aromatic heterocycles. The summed E-state index contributed by atoms with van der Waals surface area (Å²) in [6.45, 7) is 2.38. The fourth-order valence-electron chi connectivity index (χ4n) is 1.38. The van der Waals surface area contributed by atoms with Crippen LogP contribution in [0.4, 0.5) is 0 Å². The highest BCUT2D eigenvalue weighted by Crippen LogP contribution is 2.04. The molecule has 0 heterocycles. The van der Waals surface area contributed by atoms with Crippen LogP contribution in [0.3, 0.4) is 0 Å². The van der Waals surface area contributed by atoms with Crippen molar-refractivity contribution in [3.8, 4) is 0 Å². The van der Waals surface area contributed by atoms with Crippen LogP contribution in [0.15, 0.2) is 30.3 Å². The Morgan fingerprint density at radius 1 is 1.35 bits per heavy atom. The smallest absolute Gasteiger partial charge is 0.323 e. The van der Waals surface area contributed by atoms with Crippen LogP contribution < -0.4 is 5.73 Å². The predicted molar refractivity (Wildman–Crippen MR) is 71.0 cm³/mol. The lowest BCUT2D eigenvalue weighted by atomic mass is 10.1. The third kappa shape index (κ3) is 6.29. The molecule has 0 aliphatic heterocycles. The molecule has 1 aromatic carbocycles. The number of halogens is 1. The number of esters is 1. The summed E-state index contributed by atoms with van der Waals surface area (Å²) in [6, 6.07) is 9.12. The topological polar surface area (TPSA) is 52.3 Å². The van der Waals surface area contributed by atoms with E-state index in [2.05, 4.69) is 6.92 Å². The van der Waals surface area contributed by atoms with Crippen LogP contribution in [0, 0.1) is 0 Å². The summed E-state index contributed by atoms with van der Waals surface area (Å²) in [5.41, 5.74) is 6.68. The van der Waals surface area contributed by atoms with Crippen molar-refractivity contribution in [2.75, 3.05) is 0 Å². The number of unbranched alkanes of at least 4 members (excludes halogenated alkanes) is 1. The minimum Gasteiger partial charge on any atom is -0.460 e. The van der Waals surface area contributed by atoms with Gasteiger partial charge in [0.25, 0.3) is 0 Å². The third-order valence-electron chi connectivity index (χ3n) is 2.40. The number of carbonyl (C=O) groups is 1. The van der Waals surface area contributed by atoms with Crippen molar-refractivity contribution < 1.29 is 9.53 Å². The average Bonchev–Trinajstić information content (AvgIpc) is 2.34. The van der Waals surface area contributed by atoms with Gasteiger partial charge in [0.05, 0.1) is 0 Å². The Balaban J connectivity index is 0.00000256. The van der Waals surface area contributed by atoms with E-state index in [0.29, 0.717) is 13.0 Å².